The number of thiazole rings is 1. The Morgan fingerprint density at radius 2 is 2.26 bits per heavy atom. The number of nitrogens with zero attached hydrogens (tertiary/aromatic N) is 3. The van der Waals surface area contributed by atoms with Crippen LogP contribution in [0.4, 0.5) is 5.69 Å². The predicted octanol–water partition coefficient (Wildman–Crippen LogP) is 4.07. The normalized spacial score (nSPS) is 16.9. The molecule has 0 aliphatic carbocycles. The highest BCUT2D eigenvalue weighted by Crippen LogP contribution is 2.25. The van der Waals surface area contributed by atoms with Gasteiger partial charge in [-0.25, -0.2) is 4.98 Å². The summed E-state index contributed by atoms with van der Waals surface area (Å²) in [5, 5.41) is 10.1. The summed E-state index contributed by atoms with van der Waals surface area (Å²) in [5.74, 6) is 1.51. The van der Waals surface area contributed by atoms with Crippen LogP contribution in [0, 0.1) is 12.8 Å². The van der Waals surface area contributed by atoms with E-state index in [0.29, 0.717) is 5.92 Å². The summed E-state index contributed by atoms with van der Waals surface area (Å²) < 4.78 is 1.14. The van der Waals surface area contributed by atoms with Gasteiger partial charge in [-0.2, -0.15) is 0 Å². The molecule has 8 heteroatoms. The van der Waals surface area contributed by atoms with Crippen molar-refractivity contribution in [3.8, 4) is 0 Å². The standard InChI is InChI=1S/C19H26BrN5S.HI/c1-14-24-17(13-26-14)6-8-22-19(21-2)23-11-15-7-9-25(12-15)18-5-3-4-16(20)10-18;/h3-5,10,13,15H,6-9,11-12H2,1-2H3,(H2,21,22,23);1H. The lowest BCUT2D eigenvalue weighted by atomic mass is 10.1. The second-order valence-electron chi connectivity index (χ2n) is 6.57. The first kappa shape index (κ1) is 22.4. The van der Waals surface area contributed by atoms with Crippen molar-refractivity contribution in [3.05, 3.63) is 44.8 Å². The van der Waals surface area contributed by atoms with Crippen molar-refractivity contribution in [2.75, 3.05) is 38.1 Å². The van der Waals surface area contributed by atoms with Gasteiger partial charge in [-0.05, 0) is 37.5 Å². The molecule has 148 valence electrons. The molecule has 1 atom stereocenters. The Hall–Kier alpha value is -0.870. The lowest BCUT2D eigenvalue weighted by molar-refractivity contribution is 0.565. The van der Waals surface area contributed by atoms with Crippen molar-refractivity contribution in [1.29, 1.82) is 0 Å². The third-order valence-electron chi connectivity index (χ3n) is 4.58. The molecule has 0 radical (unpaired) electrons. The van der Waals surface area contributed by atoms with Crippen molar-refractivity contribution in [3.63, 3.8) is 0 Å². The molecule has 5 nitrogen and oxygen atoms in total. The fourth-order valence-corrected chi connectivity index (χ4v) is 4.23. The molecular formula is C19H27BrIN5S. The van der Waals surface area contributed by atoms with E-state index in [4.69, 9.17) is 0 Å². The molecule has 2 aromatic rings. The van der Waals surface area contributed by atoms with E-state index in [1.807, 2.05) is 14.0 Å². The highest BCUT2D eigenvalue weighted by molar-refractivity contribution is 14.0. The van der Waals surface area contributed by atoms with E-state index in [0.717, 1.165) is 53.7 Å². The first-order valence-corrected chi connectivity index (χ1v) is 10.7. The van der Waals surface area contributed by atoms with Crippen LogP contribution in [-0.2, 0) is 6.42 Å². The molecule has 0 spiro atoms. The van der Waals surface area contributed by atoms with Crippen LogP contribution >= 0.6 is 51.2 Å². The van der Waals surface area contributed by atoms with Crippen LogP contribution in [0.1, 0.15) is 17.1 Å². The Kier molecular flexibility index (Phi) is 9.31. The molecule has 1 aliphatic rings. The van der Waals surface area contributed by atoms with Gasteiger partial charge < -0.3 is 15.5 Å². The highest BCUT2D eigenvalue weighted by atomic mass is 127. The minimum absolute atomic E-state index is 0. The number of guanidine groups is 1. The number of benzene rings is 1. The number of halogens is 2. The fraction of sp³-hybridized carbons (Fsp3) is 0.474. The molecule has 27 heavy (non-hydrogen) atoms. The maximum Gasteiger partial charge on any atom is 0.190 e. The number of aliphatic imine (C=N–C) groups is 1. The second kappa shape index (κ2) is 11.2. The van der Waals surface area contributed by atoms with E-state index in [-0.39, 0.29) is 24.0 Å². The molecule has 1 aromatic carbocycles. The number of rotatable bonds is 6. The van der Waals surface area contributed by atoms with Crippen molar-refractivity contribution in [2.24, 2.45) is 10.9 Å². The number of anilines is 1. The van der Waals surface area contributed by atoms with Gasteiger partial charge in [0.2, 0.25) is 0 Å². The van der Waals surface area contributed by atoms with Crippen LogP contribution in [-0.4, -0.2) is 44.2 Å². The molecular weight excluding hydrogens is 537 g/mol. The van der Waals surface area contributed by atoms with Crippen LogP contribution in [0.3, 0.4) is 0 Å². The average Bonchev–Trinajstić information content (AvgIpc) is 3.27. The average molecular weight is 564 g/mol. The second-order valence-corrected chi connectivity index (χ2v) is 8.55. The van der Waals surface area contributed by atoms with Crippen LogP contribution in [0.15, 0.2) is 39.1 Å². The third-order valence-corrected chi connectivity index (χ3v) is 5.90. The predicted molar refractivity (Wildman–Crippen MR) is 130 cm³/mol. The molecule has 1 unspecified atom stereocenters. The third kappa shape index (κ3) is 6.90. The van der Waals surface area contributed by atoms with Gasteiger partial charge in [0, 0.05) is 55.2 Å². The van der Waals surface area contributed by atoms with Gasteiger partial charge in [-0.3, -0.25) is 4.99 Å². The zero-order valence-corrected chi connectivity index (χ0v) is 20.5. The zero-order chi connectivity index (χ0) is 18.4. The van der Waals surface area contributed by atoms with E-state index in [1.54, 1.807) is 11.3 Å². The largest absolute Gasteiger partial charge is 0.371 e. The van der Waals surface area contributed by atoms with Gasteiger partial charge in [0.25, 0.3) is 0 Å². The van der Waals surface area contributed by atoms with Crippen molar-refractivity contribution in [2.45, 2.75) is 19.8 Å². The molecule has 1 saturated heterocycles. The highest BCUT2D eigenvalue weighted by Gasteiger charge is 2.22. The van der Waals surface area contributed by atoms with Gasteiger partial charge >= 0.3 is 0 Å². The number of aryl methyl sites for hydroxylation is 1. The smallest absolute Gasteiger partial charge is 0.190 e. The van der Waals surface area contributed by atoms with Gasteiger partial charge in [0.1, 0.15) is 0 Å². The summed E-state index contributed by atoms with van der Waals surface area (Å²) in [5.41, 5.74) is 2.44. The maximum absolute atomic E-state index is 4.50. The minimum Gasteiger partial charge on any atom is -0.371 e. The molecule has 3 rings (SSSR count). The number of aromatic nitrogens is 1. The Labute approximate surface area is 191 Å². The van der Waals surface area contributed by atoms with E-state index in [1.165, 1.54) is 12.1 Å². The molecule has 1 aromatic heterocycles. The topological polar surface area (TPSA) is 52.6 Å². The van der Waals surface area contributed by atoms with Gasteiger partial charge in [0.05, 0.1) is 10.7 Å². The summed E-state index contributed by atoms with van der Waals surface area (Å²) in [6.07, 6.45) is 2.12. The molecule has 0 bridgehead atoms. The van der Waals surface area contributed by atoms with Crippen molar-refractivity contribution >= 4 is 62.9 Å². The summed E-state index contributed by atoms with van der Waals surface area (Å²) in [6, 6.07) is 8.54. The fourth-order valence-electron chi connectivity index (χ4n) is 3.20. The van der Waals surface area contributed by atoms with E-state index in [2.05, 4.69) is 71.1 Å². The van der Waals surface area contributed by atoms with E-state index in [9.17, 15) is 0 Å². The summed E-state index contributed by atoms with van der Waals surface area (Å²) in [7, 11) is 1.82. The van der Waals surface area contributed by atoms with Gasteiger partial charge in [-0.1, -0.05) is 22.0 Å². The first-order chi connectivity index (χ1) is 12.6. The Bertz CT molecular complexity index is 751. The SMILES string of the molecule is CN=C(NCCc1csc(C)n1)NCC1CCN(c2cccc(Br)c2)C1.I. The van der Waals surface area contributed by atoms with Crippen LogP contribution < -0.4 is 15.5 Å². The van der Waals surface area contributed by atoms with Crippen LogP contribution in [0.5, 0.6) is 0 Å². The Balaban J connectivity index is 0.00000261. The van der Waals surface area contributed by atoms with Gasteiger partial charge in [-0.15, -0.1) is 35.3 Å². The first-order valence-electron chi connectivity index (χ1n) is 9.00. The number of nitrogens with one attached hydrogen (secondary N) is 2. The molecule has 2 heterocycles. The van der Waals surface area contributed by atoms with E-state index >= 15 is 0 Å². The minimum atomic E-state index is 0. The summed E-state index contributed by atoms with van der Waals surface area (Å²) in [4.78, 5) is 11.3. The number of hydrogen-bond acceptors (Lipinski definition) is 4. The molecule has 0 amide bonds. The molecule has 1 aliphatic heterocycles. The monoisotopic (exact) mass is 563 g/mol. The Morgan fingerprint density at radius 1 is 1.41 bits per heavy atom. The molecule has 0 saturated carbocycles. The lowest BCUT2D eigenvalue weighted by Gasteiger charge is -2.19. The zero-order valence-electron chi connectivity index (χ0n) is 15.7. The van der Waals surface area contributed by atoms with Gasteiger partial charge in [0.15, 0.2) is 5.96 Å². The Morgan fingerprint density at radius 3 is 2.96 bits per heavy atom. The quantitative estimate of drug-likeness (QED) is 0.316. The maximum atomic E-state index is 4.50. The van der Waals surface area contributed by atoms with Crippen molar-refractivity contribution < 1.29 is 0 Å². The molecule has 2 N–H and O–H groups in total. The van der Waals surface area contributed by atoms with Crippen LogP contribution in [0.25, 0.3) is 0 Å². The molecule has 1 fully saturated rings. The van der Waals surface area contributed by atoms with Crippen molar-refractivity contribution in [1.82, 2.24) is 15.6 Å². The van der Waals surface area contributed by atoms with Crippen LogP contribution in [0.2, 0.25) is 0 Å². The van der Waals surface area contributed by atoms with E-state index < -0.39 is 0 Å². The summed E-state index contributed by atoms with van der Waals surface area (Å²) in [6.45, 7) is 6.02. The summed E-state index contributed by atoms with van der Waals surface area (Å²) >= 11 is 5.26. The lowest BCUT2D eigenvalue weighted by Crippen LogP contribution is -2.41. The number of hydrogen-bond donors (Lipinski definition) is 2.